The molecule has 1 fully saturated rings. The predicted octanol–water partition coefficient (Wildman–Crippen LogP) is 6.01. The number of carboxylic acids is 1. The minimum Gasteiger partial charge on any atom is -0.477 e. The molecule has 0 unspecified atom stereocenters. The Hall–Kier alpha value is -4.31. The molecule has 0 radical (unpaired) electrons. The molecular formula is C30H30N6O3S. The van der Waals surface area contributed by atoms with E-state index in [0.29, 0.717) is 18.2 Å². The minimum atomic E-state index is -1.12. The van der Waals surface area contributed by atoms with E-state index in [4.69, 9.17) is 0 Å². The van der Waals surface area contributed by atoms with E-state index in [0.717, 1.165) is 52.3 Å². The normalized spacial score (nSPS) is 17.2. The lowest BCUT2D eigenvalue weighted by molar-refractivity contribution is -0.123. The Morgan fingerprint density at radius 2 is 1.85 bits per heavy atom. The number of anilines is 1. The molecule has 0 bridgehead atoms. The van der Waals surface area contributed by atoms with E-state index >= 15 is 0 Å². The molecule has 5 aromatic rings. The fourth-order valence-corrected chi connectivity index (χ4v) is 6.19. The summed E-state index contributed by atoms with van der Waals surface area (Å²) in [5.41, 5.74) is 3.12. The summed E-state index contributed by atoms with van der Waals surface area (Å²) in [7, 11) is 0. The van der Waals surface area contributed by atoms with Crippen molar-refractivity contribution in [3.8, 4) is 16.9 Å². The lowest BCUT2D eigenvalue weighted by Crippen LogP contribution is -2.38. The molecule has 0 saturated heterocycles. The van der Waals surface area contributed by atoms with Crippen LogP contribution in [0.25, 0.3) is 22.6 Å². The molecule has 4 heterocycles. The summed E-state index contributed by atoms with van der Waals surface area (Å²) < 4.78 is 3.26. The van der Waals surface area contributed by atoms with Gasteiger partial charge in [-0.15, -0.1) is 16.4 Å². The summed E-state index contributed by atoms with van der Waals surface area (Å²) in [6, 6.07) is 15.3. The van der Waals surface area contributed by atoms with Crippen molar-refractivity contribution in [3.63, 3.8) is 0 Å². The predicted molar refractivity (Wildman–Crippen MR) is 154 cm³/mol. The Labute approximate surface area is 235 Å². The number of carbonyl (C=O) groups excluding carboxylic acids is 1. The Kier molecular flexibility index (Phi) is 6.93. The van der Waals surface area contributed by atoms with Gasteiger partial charge < -0.3 is 5.11 Å². The molecule has 9 nitrogen and oxygen atoms in total. The summed E-state index contributed by atoms with van der Waals surface area (Å²) >= 11 is 1.61. The first-order valence-corrected chi connectivity index (χ1v) is 14.3. The molecule has 4 aromatic heterocycles. The van der Waals surface area contributed by atoms with E-state index in [-0.39, 0.29) is 23.2 Å². The molecule has 204 valence electrons. The lowest BCUT2D eigenvalue weighted by atomic mass is 9.82. The van der Waals surface area contributed by atoms with Crippen LogP contribution in [-0.2, 0) is 11.3 Å². The van der Waals surface area contributed by atoms with Gasteiger partial charge in [-0.3, -0.25) is 9.69 Å². The third-order valence-corrected chi connectivity index (χ3v) is 8.57. The van der Waals surface area contributed by atoms with Gasteiger partial charge in [0.1, 0.15) is 5.56 Å². The van der Waals surface area contributed by atoms with Gasteiger partial charge >= 0.3 is 5.97 Å². The molecule has 0 aliphatic heterocycles. The number of aromatic carboxylic acids is 1. The van der Waals surface area contributed by atoms with Gasteiger partial charge in [-0.25, -0.2) is 19.0 Å². The summed E-state index contributed by atoms with van der Waals surface area (Å²) in [6.45, 7) is 4.53. The van der Waals surface area contributed by atoms with Crippen LogP contribution in [0.5, 0.6) is 0 Å². The van der Waals surface area contributed by atoms with Crippen LogP contribution in [-0.4, -0.2) is 41.4 Å². The summed E-state index contributed by atoms with van der Waals surface area (Å²) in [5, 5.41) is 19.4. The van der Waals surface area contributed by atoms with Crippen molar-refractivity contribution in [1.29, 1.82) is 0 Å². The van der Waals surface area contributed by atoms with Crippen LogP contribution in [0, 0.1) is 18.8 Å². The fraction of sp³-hybridized carbons (Fsp3) is 0.300. The van der Waals surface area contributed by atoms with E-state index in [1.807, 2.05) is 61.7 Å². The molecule has 40 heavy (non-hydrogen) atoms. The highest BCUT2D eigenvalue weighted by atomic mass is 32.1. The number of rotatable bonds is 7. The zero-order valence-electron chi connectivity index (χ0n) is 22.4. The Balaban J connectivity index is 1.34. The molecule has 6 rings (SSSR count). The average Bonchev–Trinajstić information content (AvgIpc) is 3.70. The summed E-state index contributed by atoms with van der Waals surface area (Å²) in [4.78, 5) is 34.3. The highest BCUT2D eigenvalue weighted by Gasteiger charge is 2.33. The smallest absolute Gasteiger partial charge is 0.341 e. The van der Waals surface area contributed by atoms with Gasteiger partial charge in [-0.1, -0.05) is 19.1 Å². The largest absolute Gasteiger partial charge is 0.477 e. The van der Waals surface area contributed by atoms with Gasteiger partial charge in [-0.2, -0.15) is 5.10 Å². The van der Waals surface area contributed by atoms with Gasteiger partial charge in [0.05, 0.1) is 17.9 Å². The van der Waals surface area contributed by atoms with Gasteiger partial charge in [0.15, 0.2) is 11.5 Å². The van der Waals surface area contributed by atoms with E-state index in [1.54, 1.807) is 26.9 Å². The van der Waals surface area contributed by atoms with Crippen LogP contribution in [0.15, 0.2) is 67.1 Å². The van der Waals surface area contributed by atoms with E-state index in [1.165, 1.54) is 10.9 Å². The maximum Gasteiger partial charge on any atom is 0.341 e. The highest BCUT2D eigenvalue weighted by molar-refractivity contribution is 7.11. The molecule has 1 saturated carbocycles. The molecule has 1 aromatic carbocycles. The molecule has 10 heteroatoms. The van der Waals surface area contributed by atoms with Crippen LogP contribution in [0.3, 0.4) is 0 Å². The van der Waals surface area contributed by atoms with E-state index in [9.17, 15) is 14.7 Å². The second-order valence-electron chi connectivity index (χ2n) is 10.5. The molecule has 0 spiro atoms. The number of carboxylic acid groups (broad SMARTS) is 1. The highest BCUT2D eigenvalue weighted by Crippen LogP contribution is 2.33. The number of fused-ring (bicyclic) bond motifs is 1. The van der Waals surface area contributed by atoms with Crippen molar-refractivity contribution < 1.29 is 14.7 Å². The third-order valence-electron chi connectivity index (χ3n) is 7.59. The number of aromatic nitrogens is 5. The second kappa shape index (κ2) is 10.7. The minimum absolute atomic E-state index is 0.00121. The molecule has 1 aliphatic carbocycles. The average molecular weight is 555 g/mol. The van der Waals surface area contributed by atoms with Crippen LogP contribution in [0.1, 0.15) is 52.7 Å². The lowest BCUT2D eigenvalue weighted by Gasteiger charge is -2.30. The second-order valence-corrected chi connectivity index (χ2v) is 11.9. The number of carbonyl (C=O) groups is 2. The summed E-state index contributed by atoms with van der Waals surface area (Å²) in [6.07, 6.45) is 8.67. The maximum atomic E-state index is 13.9. The first kappa shape index (κ1) is 25.9. The van der Waals surface area contributed by atoms with Gasteiger partial charge in [0.2, 0.25) is 5.91 Å². The van der Waals surface area contributed by atoms with Crippen LogP contribution in [0.4, 0.5) is 5.82 Å². The van der Waals surface area contributed by atoms with Crippen molar-refractivity contribution in [3.05, 3.63) is 82.4 Å². The molecule has 1 amide bonds. The standard InChI is InChI=1S/C30H30N6O3S/c1-19-4-7-22(8-5-19)29(37)34(17-24-13-6-20(2)40-24)28-25(30(38)39)18-36(33-28)23-11-9-21(10-12-23)26-16-27-31-14-3-15-35(27)32-26/h3,6,9-16,18-19,22H,4-5,7-8,17H2,1-2H3,(H,38,39). The first-order chi connectivity index (χ1) is 19.4. The number of thiophene rings is 1. The number of aryl methyl sites for hydroxylation is 1. The monoisotopic (exact) mass is 554 g/mol. The van der Waals surface area contributed by atoms with Gasteiger partial charge in [-0.05, 0) is 68.9 Å². The number of amides is 1. The quantitative estimate of drug-likeness (QED) is 0.264. The Bertz CT molecular complexity index is 1640. The number of benzene rings is 1. The molecular weight excluding hydrogens is 524 g/mol. The molecule has 1 N–H and O–H groups in total. The van der Waals surface area contributed by atoms with Crippen molar-refractivity contribution in [2.45, 2.75) is 46.1 Å². The topological polar surface area (TPSA) is 106 Å². The Morgan fingerprint density at radius 1 is 1.07 bits per heavy atom. The summed E-state index contributed by atoms with van der Waals surface area (Å²) in [5.74, 6) is -0.527. The zero-order chi connectivity index (χ0) is 27.8. The van der Waals surface area contributed by atoms with E-state index in [2.05, 4.69) is 22.1 Å². The maximum absolute atomic E-state index is 13.9. The number of hydrogen-bond acceptors (Lipinski definition) is 6. The fourth-order valence-electron chi connectivity index (χ4n) is 5.31. The van der Waals surface area contributed by atoms with Crippen molar-refractivity contribution in [2.24, 2.45) is 11.8 Å². The van der Waals surface area contributed by atoms with Crippen molar-refractivity contribution in [1.82, 2.24) is 24.4 Å². The van der Waals surface area contributed by atoms with Gasteiger partial charge in [0.25, 0.3) is 0 Å². The van der Waals surface area contributed by atoms with Crippen LogP contribution in [0.2, 0.25) is 0 Å². The zero-order valence-corrected chi connectivity index (χ0v) is 23.2. The number of nitrogens with zero attached hydrogens (tertiary/aromatic N) is 6. The SMILES string of the molecule is Cc1ccc(CN(C(=O)C2CCC(C)CC2)c2nn(-c3ccc(-c4cc5ncccn5n4)cc3)cc2C(=O)O)s1. The van der Waals surface area contributed by atoms with Crippen LogP contribution < -0.4 is 4.90 Å². The van der Waals surface area contributed by atoms with E-state index < -0.39 is 5.97 Å². The third kappa shape index (κ3) is 5.14. The van der Waals surface area contributed by atoms with Gasteiger partial charge in [0, 0.05) is 45.9 Å². The van der Waals surface area contributed by atoms with Crippen molar-refractivity contribution in [2.75, 3.05) is 4.90 Å². The Morgan fingerprint density at radius 3 is 2.52 bits per heavy atom. The van der Waals surface area contributed by atoms with Crippen molar-refractivity contribution >= 4 is 34.7 Å². The number of hydrogen-bond donors (Lipinski definition) is 1. The van der Waals surface area contributed by atoms with Crippen LogP contribution >= 0.6 is 11.3 Å². The molecule has 1 aliphatic rings. The first-order valence-electron chi connectivity index (χ1n) is 13.5. The molecule has 0 atom stereocenters.